The molecule has 0 saturated carbocycles. The van der Waals surface area contributed by atoms with Crippen LogP contribution in [0, 0.1) is 6.92 Å². The van der Waals surface area contributed by atoms with Crippen LogP contribution < -0.4 is 10.6 Å². The fourth-order valence-corrected chi connectivity index (χ4v) is 3.64. The SMILES string of the molecule is Cc1nnc(CN=C(NCCCc2ccc(C(C)C)cc2)NCCN2CCOCC2)n1C. The van der Waals surface area contributed by atoms with Crippen molar-refractivity contribution in [3.8, 4) is 0 Å². The van der Waals surface area contributed by atoms with Gasteiger partial charge in [0.1, 0.15) is 12.4 Å². The summed E-state index contributed by atoms with van der Waals surface area (Å²) in [6.07, 6.45) is 2.10. The number of rotatable bonds is 10. The molecule has 1 aromatic heterocycles. The first-order valence-electron chi connectivity index (χ1n) is 11.8. The number of morpholine rings is 1. The Morgan fingerprint density at radius 1 is 1.09 bits per heavy atom. The van der Waals surface area contributed by atoms with E-state index in [1.54, 1.807) is 0 Å². The number of nitrogens with zero attached hydrogens (tertiary/aromatic N) is 5. The van der Waals surface area contributed by atoms with Crippen LogP contribution in [0.25, 0.3) is 0 Å². The fraction of sp³-hybridized carbons (Fsp3) is 0.625. The van der Waals surface area contributed by atoms with E-state index in [1.807, 2.05) is 18.5 Å². The Labute approximate surface area is 192 Å². The molecule has 1 saturated heterocycles. The Kier molecular flexibility index (Phi) is 9.49. The molecule has 8 heteroatoms. The largest absolute Gasteiger partial charge is 0.379 e. The van der Waals surface area contributed by atoms with E-state index in [0.29, 0.717) is 12.5 Å². The Morgan fingerprint density at radius 3 is 2.47 bits per heavy atom. The van der Waals surface area contributed by atoms with E-state index in [1.165, 1.54) is 11.1 Å². The van der Waals surface area contributed by atoms with Crippen LogP contribution in [0.2, 0.25) is 0 Å². The molecule has 2 N–H and O–H groups in total. The first-order chi connectivity index (χ1) is 15.5. The summed E-state index contributed by atoms with van der Waals surface area (Å²) >= 11 is 0. The molecule has 1 aliphatic heterocycles. The van der Waals surface area contributed by atoms with Crippen molar-refractivity contribution < 1.29 is 4.74 Å². The molecule has 3 rings (SSSR count). The van der Waals surface area contributed by atoms with Crippen LogP contribution in [0.5, 0.6) is 0 Å². The molecule has 0 aliphatic carbocycles. The zero-order chi connectivity index (χ0) is 22.8. The van der Waals surface area contributed by atoms with E-state index in [9.17, 15) is 0 Å². The lowest BCUT2D eigenvalue weighted by Gasteiger charge is -2.26. The maximum Gasteiger partial charge on any atom is 0.191 e. The fourth-order valence-electron chi connectivity index (χ4n) is 3.64. The Bertz CT molecular complexity index is 839. The molecule has 1 fully saturated rings. The van der Waals surface area contributed by atoms with Crippen LogP contribution in [-0.4, -0.2) is 71.6 Å². The van der Waals surface area contributed by atoms with Crippen LogP contribution in [0.3, 0.4) is 0 Å². The third-order valence-electron chi connectivity index (χ3n) is 5.97. The highest BCUT2D eigenvalue weighted by Crippen LogP contribution is 2.15. The van der Waals surface area contributed by atoms with Crippen LogP contribution in [0.15, 0.2) is 29.3 Å². The van der Waals surface area contributed by atoms with Gasteiger partial charge in [-0.1, -0.05) is 38.1 Å². The van der Waals surface area contributed by atoms with Crippen LogP contribution in [0.1, 0.15) is 49.0 Å². The summed E-state index contributed by atoms with van der Waals surface area (Å²) in [7, 11) is 1.98. The molecular weight excluding hydrogens is 402 g/mol. The van der Waals surface area contributed by atoms with E-state index in [-0.39, 0.29) is 0 Å². The Balaban J connectivity index is 1.48. The van der Waals surface area contributed by atoms with Crippen LogP contribution in [-0.2, 0) is 24.8 Å². The quantitative estimate of drug-likeness (QED) is 0.334. The van der Waals surface area contributed by atoms with Crippen LogP contribution in [0.4, 0.5) is 0 Å². The number of guanidine groups is 1. The van der Waals surface area contributed by atoms with Gasteiger partial charge in [-0.05, 0) is 36.8 Å². The first kappa shape index (κ1) is 24.2. The van der Waals surface area contributed by atoms with Gasteiger partial charge in [-0.25, -0.2) is 4.99 Å². The lowest BCUT2D eigenvalue weighted by molar-refractivity contribution is 0.0389. The van der Waals surface area contributed by atoms with Crippen molar-refractivity contribution in [3.63, 3.8) is 0 Å². The van der Waals surface area contributed by atoms with Crippen molar-refractivity contribution in [1.82, 2.24) is 30.3 Å². The van der Waals surface area contributed by atoms with Gasteiger partial charge in [0, 0.05) is 39.8 Å². The molecule has 8 nitrogen and oxygen atoms in total. The van der Waals surface area contributed by atoms with Crippen molar-refractivity contribution in [2.45, 2.75) is 46.1 Å². The predicted octanol–water partition coefficient (Wildman–Crippen LogP) is 2.25. The van der Waals surface area contributed by atoms with Gasteiger partial charge in [-0.15, -0.1) is 10.2 Å². The molecule has 2 heterocycles. The number of aromatic nitrogens is 3. The predicted molar refractivity (Wildman–Crippen MR) is 129 cm³/mol. The normalized spacial score (nSPS) is 15.3. The highest BCUT2D eigenvalue weighted by Gasteiger charge is 2.10. The van der Waals surface area contributed by atoms with E-state index in [4.69, 9.17) is 9.73 Å². The molecule has 0 amide bonds. The summed E-state index contributed by atoms with van der Waals surface area (Å²) in [5.74, 6) is 3.16. The maximum absolute atomic E-state index is 5.43. The third kappa shape index (κ3) is 7.60. The van der Waals surface area contributed by atoms with E-state index in [0.717, 1.165) is 76.4 Å². The number of aryl methyl sites for hydroxylation is 2. The van der Waals surface area contributed by atoms with Crippen molar-refractivity contribution in [1.29, 1.82) is 0 Å². The summed E-state index contributed by atoms with van der Waals surface area (Å²) in [5.41, 5.74) is 2.77. The molecule has 2 aromatic rings. The minimum Gasteiger partial charge on any atom is -0.379 e. The summed E-state index contributed by atoms with van der Waals surface area (Å²) < 4.78 is 7.42. The molecule has 0 radical (unpaired) electrons. The highest BCUT2D eigenvalue weighted by molar-refractivity contribution is 5.79. The number of hydrogen-bond acceptors (Lipinski definition) is 5. The molecule has 1 aromatic carbocycles. The summed E-state index contributed by atoms with van der Waals surface area (Å²) in [4.78, 5) is 7.17. The number of ether oxygens (including phenoxy) is 1. The average Bonchev–Trinajstić information content (AvgIpc) is 3.13. The molecule has 0 unspecified atom stereocenters. The second-order valence-electron chi connectivity index (χ2n) is 8.69. The molecule has 176 valence electrons. The standard InChI is InChI=1S/C24H39N7O/c1-19(2)22-9-7-21(8-10-22)6-5-11-25-24(26-12-13-31-14-16-32-17-15-31)27-18-23-29-28-20(3)30(23)4/h7-10,19H,5-6,11-18H2,1-4H3,(H2,25,26,27). The second-order valence-corrected chi connectivity index (χ2v) is 8.69. The second kappa shape index (κ2) is 12.6. The number of hydrogen-bond donors (Lipinski definition) is 2. The van der Waals surface area contributed by atoms with E-state index >= 15 is 0 Å². The van der Waals surface area contributed by atoms with Gasteiger partial charge >= 0.3 is 0 Å². The average molecular weight is 442 g/mol. The number of aliphatic imine (C=N–C) groups is 1. The summed E-state index contributed by atoms with van der Waals surface area (Å²) in [6.45, 7) is 13.2. The summed E-state index contributed by atoms with van der Waals surface area (Å²) in [5, 5.41) is 15.3. The van der Waals surface area contributed by atoms with Crippen molar-refractivity contribution in [2.24, 2.45) is 12.0 Å². The summed E-state index contributed by atoms with van der Waals surface area (Å²) in [6, 6.07) is 9.00. The van der Waals surface area contributed by atoms with Crippen LogP contribution >= 0.6 is 0 Å². The molecule has 0 spiro atoms. The lowest BCUT2D eigenvalue weighted by atomic mass is 10.0. The maximum atomic E-state index is 5.43. The zero-order valence-corrected chi connectivity index (χ0v) is 20.1. The van der Waals surface area contributed by atoms with Gasteiger partial charge in [0.05, 0.1) is 13.2 Å². The number of nitrogens with one attached hydrogen (secondary N) is 2. The first-order valence-corrected chi connectivity index (χ1v) is 11.8. The molecule has 0 bridgehead atoms. The van der Waals surface area contributed by atoms with Gasteiger partial charge in [0.2, 0.25) is 0 Å². The Morgan fingerprint density at radius 2 is 1.81 bits per heavy atom. The zero-order valence-electron chi connectivity index (χ0n) is 20.1. The van der Waals surface area contributed by atoms with Gasteiger partial charge in [0.25, 0.3) is 0 Å². The minimum absolute atomic E-state index is 0.501. The Hall–Kier alpha value is -2.45. The highest BCUT2D eigenvalue weighted by atomic mass is 16.5. The van der Waals surface area contributed by atoms with Crippen molar-refractivity contribution in [3.05, 3.63) is 47.0 Å². The van der Waals surface area contributed by atoms with E-state index < -0.39 is 0 Å². The molecule has 1 aliphatic rings. The third-order valence-corrected chi connectivity index (χ3v) is 5.97. The molecular formula is C24H39N7O. The van der Waals surface area contributed by atoms with Gasteiger partial charge in [-0.2, -0.15) is 0 Å². The number of benzene rings is 1. The monoisotopic (exact) mass is 441 g/mol. The van der Waals surface area contributed by atoms with Gasteiger partial charge in [-0.3, -0.25) is 4.90 Å². The van der Waals surface area contributed by atoms with E-state index in [2.05, 4.69) is 63.8 Å². The molecule has 32 heavy (non-hydrogen) atoms. The topological polar surface area (TPSA) is 79.6 Å². The minimum atomic E-state index is 0.501. The smallest absolute Gasteiger partial charge is 0.191 e. The van der Waals surface area contributed by atoms with Gasteiger partial charge in [0.15, 0.2) is 11.8 Å². The van der Waals surface area contributed by atoms with Crippen molar-refractivity contribution >= 4 is 5.96 Å². The van der Waals surface area contributed by atoms with Gasteiger partial charge < -0.3 is 19.9 Å². The van der Waals surface area contributed by atoms with Crippen molar-refractivity contribution in [2.75, 3.05) is 45.9 Å². The molecule has 0 atom stereocenters. The lowest BCUT2D eigenvalue weighted by Crippen LogP contribution is -2.44.